The average molecular weight is 140 g/mol. The molecule has 2 heteroatoms. The summed E-state index contributed by atoms with van der Waals surface area (Å²) in [6.45, 7) is 1.87. The van der Waals surface area contributed by atoms with E-state index in [0.717, 1.165) is 5.56 Å². The fourth-order valence-corrected chi connectivity index (χ4v) is 0.563. The van der Waals surface area contributed by atoms with Crippen molar-refractivity contribution >= 4 is 13.5 Å². The van der Waals surface area contributed by atoms with Gasteiger partial charge in [-0.15, -0.1) is 0 Å². The molecule has 0 aliphatic heterocycles. The summed E-state index contributed by atoms with van der Waals surface area (Å²) >= 11 is 0. The van der Waals surface area contributed by atoms with E-state index >= 15 is 0 Å². The molecule has 0 unspecified atom stereocenters. The number of phenolic OH excluding ortho intramolecular Hbond substituents is 1. The van der Waals surface area contributed by atoms with Crippen molar-refractivity contribution in [2.75, 3.05) is 0 Å². The molecule has 0 aliphatic carbocycles. The Morgan fingerprint density at radius 3 is 2.11 bits per heavy atom. The number of para-hydroxylation sites is 1. The van der Waals surface area contributed by atoms with Gasteiger partial charge >= 0.3 is 0 Å². The highest BCUT2D eigenvalue weighted by Gasteiger charge is 1.86. The number of phenols is 1. The Morgan fingerprint density at radius 2 is 1.78 bits per heavy atom. The normalized spacial score (nSPS) is 8.11. The van der Waals surface area contributed by atoms with Crippen LogP contribution >= 0.6 is 13.5 Å². The number of aryl methyl sites for hydroxylation is 1. The zero-order valence-corrected chi connectivity index (χ0v) is 5.98. The molecular weight excluding hydrogens is 132 g/mol. The summed E-state index contributed by atoms with van der Waals surface area (Å²) in [6, 6.07) is 7.25. The minimum Gasteiger partial charge on any atom is -0.508 e. The molecule has 1 aromatic rings. The molecule has 0 fully saturated rings. The van der Waals surface area contributed by atoms with Crippen LogP contribution in [0.25, 0.3) is 0 Å². The van der Waals surface area contributed by atoms with Gasteiger partial charge in [-0.3, -0.25) is 0 Å². The summed E-state index contributed by atoms with van der Waals surface area (Å²) in [5.41, 5.74) is 0.924. The fourth-order valence-electron chi connectivity index (χ4n) is 0.563. The van der Waals surface area contributed by atoms with Gasteiger partial charge in [0.15, 0.2) is 0 Å². The highest BCUT2D eigenvalue weighted by molar-refractivity contribution is 7.59. The molecule has 9 heavy (non-hydrogen) atoms. The Bertz CT molecular complexity index is 165. The van der Waals surface area contributed by atoms with Crippen molar-refractivity contribution in [2.24, 2.45) is 0 Å². The molecule has 0 atom stereocenters. The summed E-state index contributed by atoms with van der Waals surface area (Å²) in [7, 11) is 0. The van der Waals surface area contributed by atoms with Crippen LogP contribution in [-0.2, 0) is 0 Å². The van der Waals surface area contributed by atoms with Gasteiger partial charge in [0.2, 0.25) is 0 Å². The van der Waals surface area contributed by atoms with E-state index in [9.17, 15) is 0 Å². The lowest BCUT2D eigenvalue weighted by molar-refractivity contribution is 0.471. The monoisotopic (exact) mass is 140 g/mol. The number of hydrogen-bond donors (Lipinski definition) is 1. The third-order valence-electron chi connectivity index (χ3n) is 1.12. The molecule has 0 spiro atoms. The Balaban J connectivity index is 0.000000640. The second-order valence-corrected chi connectivity index (χ2v) is 1.79. The zero-order valence-electron chi connectivity index (χ0n) is 5.16. The summed E-state index contributed by atoms with van der Waals surface area (Å²) in [6.07, 6.45) is 0. The molecule has 0 aliphatic rings. The topological polar surface area (TPSA) is 20.2 Å². The van der Waals surface area contributed by atoms with Crippen molar-refractivity contribution in [3.8, 4) is 5.75 Å². The maximum atomic E-state index is 8.92. The minimum absolute atomic E-state index is 0. The van der Waals surface area contributed by atoms with Crippen LogP contribution in [0.1, 0.15) is 5.56 Å². The lowest BCUT2D eigenvalue weighted by Gasteiger charge is -1.92. The van der Waals surface area contributed by atoms with Crippen molar-refractivity contribution in [1.29, 1.82) is 0 Å². The van der Waals surface area contributed by atoms with E-state index in [1.165, 1.54) is 0 Å². The van der Waals surface area contributed by atoms with Crippen LogP contribution in [0, 0.1) is 6.92 Å². The molecular formula is C7H8OS. The summed E-state index contributed by atoms with van der Waals surface area (Å²) in [5.74, 6) is 0.368. The third-order valence-corrected chi connectivity index (χ3v) is 1.12. The van der Waals surface area contributed by atoms with Gasteiger partial charge < -0.3 is 5.11 Å². The number of hydrogen-bond acceptors (Lipinski definition) is 1. The molecule has 0 heterocycles. The lowest BCUT2D eigenvalue weighted by Crippen LogP contribution is -1.68. The minimum atomic E-state index is 0. The van der Waals surface area contributed by atoms with Gasteiger partial charge in [-0.1, -0.05) is 18.2 Å². The van der Waals surface area contributed by atoms with E-state index in [0.29, 0.717) is 5.75 Å². The largest absolute Gasteiger partial charge is 0.508 e. The van der Waals surface area contributed by atoms with Gasteiger partial charge in [-0.25, -0.2) is 0 Å². The molecule has 0 saturated carbocycles. The zero-order chi connectivity index (χ0) is 5.98. The predicted octanol–water partition coefficient (Wildman–Crippen LogP) is 2.35. The summed E-state index contributed by atoms with van der Waals surface area (Å²) < 4.78 is 0. The lowest BCUT2D eigenvalue weighted by atomic mass is 10.2. The molecule has 0 aromatic heterocycles. The number of benzene rings is 1. The van der Waals surface area contributed by atoms with Crippen molar-refractivity contribution in [3.63, 3.8) is 0 Å². The van der Waals surface area contributed by atoms with Crippen LogP contribution in [0.2, 0.25) is 0 Å². The van der Waals surface area contributed by atoms with Crippen molar-refractivity contribution in [3.05, 3.63) is 29.8 Å². The first-order valence-electron chi connectivity index (χ1n) is 2.55. The van der Waals surface area contributed by atoms with Gasteiger partial charge in [0.05, 0.1) is 0 Å². The maximum absolute atomic E-state index is 8.92. The highest BCUT2D eigenvalue weighted by atomic mass is 32.1. The molecule has 0 bridgehead atoms. The van der Waals surface area contributed by atoms with Crippen LogP contribution in [0.3, 0.4) is 0 Å². The standard InChI is InChI=1S/C7H8O.S/c1-6-4-2-3-5-7(6)8;/h2-5,8H,1H3;. The average Bonchev–Trinajstić information content (AvgIpc) is 1.77. The summed E-state index contributed by atoms with van der Waals surface area (Å²) in [4.78, 5) is 0. The van der Waals surface area contributed by atoms with Crippen LogP contribution in [0.15, 0.2) is 24.3 Å². The quantitative estimate of drug-likeness (QED) is 0.586. The van der Waals surface area contributed by atoms with E-state index < -0.39 is 0 Å². The Labute approximate surface area is 61.8 Å². The summed E-state index contributed by atoms with van der Waals surface area (Å²) in [5, 5.41) is 8.92. The molecule has 1 nitrogen and oxygen atoms in total. The maximum Gasteiger partial charge on any atom is 0.118 e. The first-order valence-corrected chi connectivity index (χ1v) is 2.55. The van der Waals surface area contributed by atoms with Gasteiger partial charge in [-0.05, 0) is 18.6 Å². The highest BCUT2D eigenvalue weighted by Crippen LogP contribution is 2.12. The number of rotatable bonds is 0. The Hall–Kier alpha value is -0.630. The first kappa shape index (κ1) is 8.37. The van der Waals surface area contributed by atoms with E-state index in [-0.39, 0.29) is 13.5 Å². The molecule has 0 amide bonds. The SMILES string of the molecule is Cc1ccccc1O.[S]. The van der Waals surface area contributed by atoms with E-state index in [1.807, 2.05) is 25.1 Å². The smallest absolute Gasteiger partial charge is 0.118 e. The van der Waals surface area contributed by atoms with Crippen molar-refractivity contribution < 1.29 is 5.11 Å². The third kappa shape index (κ3) is 1.98. The van der Waals surface area contributed by atoms with Gasteiger partial charge in [0.1, 0.15) is 5.75 Å². The number of aromatic hydroxyl groups is 1. The van der Waals surface area contributed by atoms with Crippen LogP contribution in [0.4, 0.5) is 0 Å². The molecule has 1 rings (SSSR count). The van der Waals surface area contributed by atoms with Gasteiger partial charge in [-0.2, -0.15) is 0 Å². The van der Waals surface area contributed by atoms with Crippen LogP contribution < -0.4 is 0 Å². The molecule has 2 radical (unpaired) electrons. The van der Waals surface area contributed by atoms with Crippen LogP contribution in [0.5, 0.6) is 5.75 Å². The van der Waals surface area contributed by atoms with Gasteiger partial charge in [0.25, 0.3) is 0 Å². The Kier molecular flexibility index (Phi) is 3.17. The first-order chi connectivity index (χ1) is 3.80. The van der Waals surface area contributed by atoms with E-state index in [2.05, 4.69) is 0 Å². The van der Waals surface area contributed by atoms with Crippen molar-refractivity contribution in [1.82, 2.24) is 0 Å². The van der Waals surface area contributed by atoms with Crippen molar-refractivity contribution in [2.45, 2.75) is 6.92 Å². The Morgan fingerprint density at radius 1 is 1.22 bits per heavy atom. The van der Waals surface area contributed by atoms with Crippen LogP contribution in [-0.4, -0.2) is 5.11 Å². The van der Waals surface area contributed by atoms with E-state index in [4.69, 9.17) is 5.11 Å². The molecule has 48 valence electrons. The molecule has 0 saturated heterocycles. The molecule has 1 aromatic carbocycles. The molecule has 1 N–H and O–H groups in total. The predicted molar refractivity (Wildman–Crippen MR) is 40.4 cm³/mol. The second-order valence-electron chi connectivity index (χ2n) is 1.79. The van der Waals surface area contributed by atoms with Gasteiger partial charge in [0, 0.05) is 13.5 Å². The van der Waals surface area contributed by atoms with E-state index in [1.54, 1.807) is 6.07 Å². The second kappa shape index (κ2) is 3.41. The fraction of sp³-hybridized carbons (Fsp3) is 0.143.